The number of nitrogens with zero attached hydrogens (tertiary/aromatic N) is 1. The van der Waals surface area contributed by atoms with Gasteiger partial charge in [-0.1, -0.05) is 42.5 Å². The molecule has 164 valence electrons. The molecule has 0 spiro atoms. The van der Waals surface area contributed by atoms with Crippen molar-refractivity contribution in [3.05, 3.63) is 90.0 Å². The van der Waals surface area contributed by atoms with Crippen molar-refractivity contribution < 1.29 is 27.9 Å². The predicted octanol–water partition coefficient (Wildman–Crippen LogP) is 2.52. The number of hydrogen-bond donors (Lipinski definition) is 2. The highest BCUT2D eigenvalue weighted by molar-refractivity contribution is 7.90. The van der Waals surface area contributed by atoms with Crippen LogP contribution in [0.2, 0.25) is 0 Å². The lowest BCUT2D eigenvalue weighted by atomic mass is 10.2. The summed E-state index contributed by atoms with van der Waals surface area (Å²) in [5.74, 6) is -0.866. The Bertz CT molecular complexity index is 1260. The second-order valence-electron chi connectivity index (χ2n) is 7.12. The first-order valence-electron chi connectivity index (χ1n) is 9.80. The molecule has 4 rings (SSSR count). The number of amides is 2. The molecule has 9 heteroatoms. The number of sulfonamides is 1. The number of benzene rings is 3. The first-order chi connectivity index (χ1) is 15.4. The Labute approximate surface area is 185 Å². The van der Waals surface area contributed by atoms with Crippen LogP contribution >= 0.6 is 0 Å². The summed E-state index contributed by atoms with van der Waals surface area (Å²) in [4.78, 5) is 25.0. The molecule has 3 aromatic rings. The number of β-amino-alcohol motifs (C(OH)–C–C–N with tert-alkyl or cyclic N) is 1. The number of carbonyl (C=O) groups is 2. The minimum absolute atomic E-state index is 0.0727. The van der Waals surface area contributed by atoms with Crippen LogP contribution in [0.15, 0.2) is 83.8 Å². The van der Waals surface area contributed by atoms with Crippen LogP contribution in [-0.4, -0.2) is 48.9 Å². The highest BCUT2D eigenvalue weighted by atomic mass is 32.2. The zero-order valence-electron chi connectivity index (χ0n) is 16.8. The number of anilines is 1. The molecule has 0 bridgehead atoms. The van der Waals surface area contributed by atoms with E-state index in [1.54, 1.807) is 54.6 Å². The highest BCUT2D eigenvalue weighted by Gasteiger charge is 2.41. The molecule has 2 N–H and O–H groups in total. The van der Waals surface area contributed by atoms with Gasteiger partial charge in [0.25, 0.3) is 21.8 Å². The minimum Gasteiger partial charge on any atom is -0.490 e. The molecule has 1 aliphatic heterocycles. The van der Waals surface area contributed by atoms with Gasteiger partial charge in [0.05, 0.1) is 17.7 Å². The average molecular weight is 452 g/mol. The van der Waals surface area contributed by atoms with Gasteiger partial charge >= 0.3 is 0 Å². The van der Waals surface area contributed by atoms with Crippen LogP contribution in [0.25, 0.3) is 0 Å². The Kier molecular flexibility index (Phi) is 5.93. The summed E-state index contributed by atoms with van der Waals surface area (Å²) in [5, 5.41) is 13.1. The van der Waals surface area contributed by atoms with E-state index in [0.717, 1.165) is 0 Å². The maximum absolute atomic E-state index is 12.6. The van der Waals surface area contributed by atoms with E-state index in [0.29, 0.717) is 9.99 Å². The zero-order valence-corrected chi connectivity index (χ0v) is 17.7. The number of carbonyl (C=O) groups excluding carboxylic acids is 2. The summed E-state index contributed by atoms with van der Waals surface area (Å²) in [6, 6.07) is 21.3. The third-order valence-corrected chi connectivity index (χ3v) is 6.69. The molecule has 32 heavy (non-hydrogen) atoms. The average Bonchev–Trinajstić information content (AvgIpc) is 2.99. The largest absolute Gasteiger partial charge is 0.490 e. The fourth-order valence-electron chi connectivity index (χ4n) is 3.34. The van der Waals surface area contributed by atoms with E-state index in [1.807, 2.05) is 6.07 Å². The molecule has 0 aromatic heterocycles. The zero-order chi connectivity index (χ0) is 22.7. The van der Waals surface area contributed by atoms with Crippen molar-refractivity contribution in [2.24, 2.45) is 0 Å². The van der Waals surface area contributed by atoms with Gasteiger partial charge in [0, 0.05) is 5.69 Å². The number of nitrogens with one attached hydrogen (secondary N) is 1. The highest BCUT2D eigenvalue weighted by Crippen LogP contribution is 2.30. The molecule has 3 aromatic carbocycles. The van der Waals surface area contributed by atoms with Gasteiger partial charge in [-0.15, -0.1) is 0 Å². The fourth-order valence-corrected chi connectivity index (χ4v) is 4.95. The first-order valence-corrected chi connectivity index (χ1v) is 11.2. The van der Waals surface area contributed by atoms with Crippen molar-refractivity contribution in [2.45, 2.75) is 11.0 Å². The standard InChI is InChI=1S/C23H20N2O6S/c26-17(14-25-23(28)19-11-5-7-13-21(19)32(25,29)30)15-31-20-12-6-4-10-18(20)22(27)24-16-8-2-1-3-9-16/h1-13,17,26H,14-15H2,(H,24,27)/t17-/m1/s1. The summed E-state index contributed by atoms with van der Waals surface area (Å²) >= 11 is 0. The molecular formula is C23H20N2O6S. The van der Waals surface area contributed by atoms with Gasteiger partial charge in [-0.2, -0.15) is 0 Å². The van der Waals surface area contributed by atoms with E-state index in [2.05, 4.69) is 5.32 Å². The number of rotatable bonds is 7. The second-order valence-corrected chi connectivity index (χ2v) is 8.95. The minimum atomic E-state index is -4.03. The maximum atomic E-state index is 12.6. The van der Waals surface area contributed by atoms with Crippen LogP contribution in [0.4, 0.5) is 5.69 Å². The number of ether oxygens (including phenoxy) is 1. The third kappa shape index (κ3) is 4.20. The van der Waals surface area contributed by atoms with Crippen molar-refractivity contribution in [3.8, 4) is 5.75 Å². The van der Waals surface area contributed by atoms with Gasteiger partial charge < -0.3 is 15.2 Å². The number of aliphatic hydroxyl groups is 1. The van der Waals surface area contributed by atoms with Crippen molar-refractivity contribution >= 4 is 27.5 Å². The monoisotopic (exact) mass is 452 g/mol. The second kappa shape index (κ2) is 8.81. The lowest BCUT2D eigenvalue weighted by Gasteiger charge is -2.20. The van der Waals surface area contributed by atoms with Gasteiger partial charge in [-0.3, -0.25) is 9.59 Å². The van der Waals surface area contributed by atoms with Crippen molar-refractivity contribution in [1.82, 2.24) is 4.31 Å². The Hall–Kier alpha value is -3.69. The summed E-state index contributed by atoms with van der Waals surface area (Å²) in [5.41, 5.74) is 0.939. The summed E-state index contributed by atoms with van der Waals surface area (Å²) in [6.45, 7) is -0.778. The topological polar surface area (TPSA) is 113 Å². The van der Waals surface area contributed by atoms with Gasteiger partial charge in [0.15, 0.2) is 0 Å². The van der Waals surface area contributed by atoms with E-state index in [4.69, 9.17) is 4.74 Å². The van der Waals surface area contributed by atoms with Crippen LogP contribution in [0.3, 0.4) is 0 Å². The lowest BCUT2D eigenvalue weighted by molar-refractivity contribution is 0.0685. The molecular weight excluding hydrogens is 432 g/mol. The van der Waals surface area contributed by atoms with Crippen molar-refractivity contribution in [1.29, 1.82) is 0 Å². The Morgan fingerprint density at radius 3 is 2.38 bits per heavy atom. The molecule has 0 saturated carbocycles. The molecule has 8 nitrogen and oxygen atoms in total. The number of para-hydroxylation sites is 2. The fraction of sp³-hybridized carbons (Fsp3) is 0.130. The van der Waals surface area contributed by atoms with Crippen molar-refractivity contribution in [3.63, 3.8) is 0 Å². The predicted molar refractivity (Wildman–Crippen MR) is 117 cm³/mol. The number of aliphatic hydroxyl groups excluding tert-OH is 1. The molecule has 2 amide bonds. The first kappa shape index (κ1) is 21.5. The van der Waals surface area contributed by atoms with E-state index < -0.39 is 34.5 Å². The van der Waals surface area contributed by atoms with E-state index >= 15 is 0 Å². The van der Waals surface area contributed by atoms with Gasteiger partial charge in [-0.05, 0) is 36.4 Å². The van der Waals surface area contributed by atoms with Gasteiger partial charge in [0.1, 0.15) is 23.4 Å². The van der Waals surface area contributed by atoms with Crippen LogP contribution in [0, 0.1) is 0 Å². The molecule has 1 atom stereocenters. The van der Waals surface area contributed by atoms with Gasteiger partial charge in [-0.25, -0.2) is 12.7 Å². The molecule has 1 heterocycles. The molecule has 0 unspecified atom stereocenters. The molecule has 0 saturated heterocycles. The summed E-state index contributed by atoms with van der Waals surface area (Å²) < 4.78 is 31.5. The summed E-state index contributed by atoms with van der Waals surface area (Å²) in [7, 11) is -4.03. The molecule has 0 radical (unpaired) electrons. The quantitative estimate of drug-likeness (QED) is 0.570. The lowest BCUT2D eigenvalue weighted by Crippen LogP contribution is -2.39. The van der Waals surface area contributed by atoms with Crippen LogP contribution in [-0.2, 0) is 10.0 Å². The normalized spacial score (nSPS) is 15.2. The smallest absolute Gasteiger partial charge is 0.269 e. The Balaban J connectivity index is 1.43. The summed E-state index contributed by atoms with van der Waals surface area (Å²) in [6.07, 6.45) is -1.30. The Morgan fingerprint density at radius 1 is 0.969 bits per heavy atom. The van der Waals surface area contributed by atoms with E-state index in [9.17, 15) is 23.1 Å². The van der Waals surface area contributed by atoms with Crippen molar-refractivity contribution in [2.75, 3.05) is 18.5 Å². The SMILES string of the molecule is O=C(Nc1ccccc1)c1ccccc1OC[C@H](O)CN1C(=O)c2ccccc2S1(=O)=O. The van der Waals surface area contributed by atoms with Gasteiger partial charge in [0.2, 0.25) is 0 Å². The number of fused-ring (bicyclic) bond motifs is 1. The maximum Gasteiger partial charge on any atom is 0.269 e. The van der Waals surface area contributed by atoms with Crippen LogP contribution in [0.5, 0.6) is 5.75 Å². The molecule has 1 aliphatic rings. The number of hydrogen-bond acceptors (Lipinski definition) is 6. The van der Waals surface area contributed by atoms with E-state index in [-0.39, 0.29) is 28.4 Å². The molecule has 0 aliphatic carbocycles. The van der Waals surface area contributed by atoms with E-state index in [1.165, 1.54) is 18.2 Å². The molecule has 0 fully saturated rings. The third-order valence-electron chi connectivity index (χ3n) is 4.88. The van der Waals surface area contributed by atoms with Crippen LogP contribution in [0.1, 0.15) is 20.7 Å². The Morgan fingerprint density at radius 2 is 1.62 bits per heavy atom. The van der Waals surface area contributed by atoms with Crippen LogP contribution < -0.4 is 10.1 Å².